The van der Waals surface area contributed by atoms with Gasteiger partial charge in [0, 0.05) is 12.6 Å². The molecule has 5 nitrogen and oxygen atoms in total. The Balaban J connectivity index is 2.26. The second kappa shape index (κ2) is 6.54. The third kappa shape index (κ3) is 3.70. The summed E-state index contributed by atoms with van der Waals surface area (Å²) in [6.07, 6.45) is 0.0256. The van der Waals surface area contributed by atoms with E-state index < -0.39 is 0 Å². The number of rotatable bonds is 5. The number of hydrogen-bond donors (Lipinski definition) is 1. The van der Waals surface area contributed by atoms with Gasteiger partial charge in [0.25, 0.3) is 5.91 Å². The molecule has 2 aromatic rings. The van der Waals surface area contributed by atoms with Crippen molar-refractivity contribution in [1.29, 1.82) is 0 Å². The van der Waals surface area contributed by atoms with Gasteiger partial charge in [0.1, 0.15) is 12.4 Å². The first-order valence-electron chi connectivity index (χ1n) is 6.99. The maximum absolute atomic E-state index is 12.0. The van der Waals surface area contributed by atoms with Crippen LogP contribution in [0, 0.1) is 6.92 Å². The summed E-state index contributed by atoms with van der Waals surface area (Å²) in [5.74, 6) is 0.514. The Labute approximate surface area is 124 Å². The van der Waals surface area contributed by atoms with Crippen LogP contribution in [-0.2, 0) is 16.6 Å². The van der Waals surface area contributed by atoms with Crippen molar-refractivity contribution in [3.8, 4) is 11.1 Å². The zero-order valence-electron chi connectivity index (χ0n) is 12.9. The van der Waals surface area contributed by atoms with Gasteiger partial charge in [-0.05, 0) is 26.3 Å². The van der Waals surface area contributed by atoms with E-state index in [-0.39, 0.29) is 18.6 Å². The Kier molecular flexibility index (Phi) is 4.75. The maximum Gasteiger partial charge on any atom is 0.251 e. The average molecular weight is 287 g/mol. The Bertz CT molecular complexity index is 618. The maximum atomic E-state index is 12.0. The van der Waals surface area contributed by atoms with Gasteiger partial charge in [0.15, 0.2) is 0 Å². The highest BCUT2D eigenvalue weighted by Crippen LogP contribution is 2.30. The first-order valence-corrected chi connectivity index (χ1v) is 6.99. The Hall–Kier alpha value is -2.14. The van der Waals surface area contributed by atoms with Crippen LogP contribution in [0.3, 0.4) is 0 Å². The van der Waals surface area contributed by atoms with Gasteiger partial charge in [-0.1, -0.05) is 30.3 Å². The molecule has 0 radical (unpaired) electrons. The van der Waals surface area contributed by atoms with Gasteiger partial charge >= 0.3 is 0 Å². The summed E-state index contributed by atoms with van der Waals surface area (Å²) in [7, 11) is 1.82. The Morgan fingerprint density at radius 2 is 2.00 bits per heavy atom. The van der Waals surface area contributed by atoms with Crippen LogP contribution >= 0.6 is 0 Å². The van der Waals surface area contributed by atoms with Crippen molar-refractivity contribution < 1.29 is 9.53 Å². The van der Waals surface area contributed by atoms with Gasteiger partial charge in [0.2, 0.25) is 0 Å². The molecule has 1 amide bonds. The number of nitrogens with zero attached hydrogens (tertiary/aromatic N) is 2. The van der Waals surface area contributed by atoms with Crippen molar-refractivity contribution in [2.75, 3.05) is 11.9 Å². The lowest BCUT2D eigenvalue weighted by atomic mass is 10.1. The predicted octanol–water partition coefficient (Wildman–Crippen LogP) is 2.76. The van der Waals surface area contributed by atoms with Crippen LogP contribution in [0.25, 0.3) is 11.1 Å². The Morgan fingerprint density at radius 3 is 2.62 bits per heavy atom. The summed E-state index contributed by atoms with van der Waals surface area (Å²) >= 11 is 0. The number of anilines is 1. The van der Waals surface area contributed by atoms with Crippen molar-refractivity contribution in [3.05, 3.63) is 36.0 Å². The number of carbonyl (C=O) groups is 1. The van der Waals surface area contributed by atoms with E-state index in [2.05, 4.69) is 10.4 Å². The molecule has 0 aliphatic heterocycles. The monoisotopic (exact) mass is 287 g/mol. The van der Waals surface area contributed by atoms with Crippen molar-refractivity contribution in [3.63, 3.8) is 0 Å². The topological polar surface area (TPSA) is 56.2 Å². The van der Waals surface area contributed by atoms with Crippen molar-refractivity contribution in [2.45, 2.75) is 26.9 Å². The molecule has 0 atom stereocenters. The fourth-order valence-electron chi connectivity index (χ4n) is 2.16. The number of nitrogens with one attached hydrogen (secondary N) is 1. The third-order valence-corrected chi connectivity index (χ3v) is 3.09. The smallest absolute Gasteiger partial charge is 0.251 e. The summed E-state index contributed by atoms with van der Waals surface area (Å²) in [6.45, 7) is 5.77. The highest BCUT2D eigenvalue weighted by Gasteiger charge is 2.17. The van der Waals surface area contributed by atoms with Gasteiger partial charge < -0.3 is 10.1 Å². The van der Waals surface area contributed by atoms with E-state index in [4.69, 9.17) is 4.74 Å². The molecule has 0 fully saturated rings. The molecule has 1 heterocycles. The normalized spacial score (nSPS) is 10.9. The lowest BCUT2D eigenvalue weighted by Gasteiger charge is -2.10. The van der Waals surface area contributed by atoms with E-state index >= 15 is 0 Å². The molecule has 0 saturated heterocycles. The molecule has 1 aromatic carbocycles. The van der Waals surface area contributed by atoms with Crippen LogP contribution in [-0.4, -0.2) is 28.4 Å². The number of benzene rings is 1. The molecule has 0 aliphatic rings. The highest BCUT2D eigenvalue weighted by atomic mass is 16.5. The molecule has 5 heteroatoms. The van der Waals surface area contributed by atoms with Gasteiger partial charge in [-0.3, -0.25) is 9.48 Å². The van der Waals surface area contributed by atoms with E-state index in [0.29, 0.717) is 5.82 Å². The minimum Gasteiger partial charge on any atom is -0.369 e. The molecular formula is C16H21N3O2. The minimum atomic E-state index is -0.177. The lowest BCUT2D eigenvalue weighted by molar-refractivity contribution is -0.122. The molecule has 1 N–H and O–H groups in total. The number of carbonyl (C=O) groups excluding carboxylic acids is 1. The van der Waals surface area contributed by atoms with E-state index in [1.807, 2.05) is 58.2 Å². The second-order valence-electron chi connectivity index (χ2n) is 5.21. The number of hydrogen-bond acceptors (Lipinski definition) is 3. The quantitative estimate of drug-likeness (QED) is 0.920. The molecule has 0 unspecified atom stereocenters. The van der Waals surface area contributed by atoms with E-state index in [0.717, 1.165) is 16.8 Å². The van der Waals surface area contributed by atoms with Crippen molar-refractivity contribution in [2.24, 2.45) is 7.05 Å². The Morgan fingerprint density at radius 1 is 1.33 bits per heavy atom. The van der Waals surface area contributed by atoms with Gasteiger partial charge in [-0.15, -0.1) is 0 Å². The fraction of sp³-hybridized carbons (Fsp3) is 0.375. The molecular weight excluding hydrogens is 266 g/mol. The summed E-state index contributed by atoms with van der Waals surface area (Å²) in [5, 5.41) is 7.29. The summed E-state index contributed by atoms with van der Waals surface area (Å²) < 4.78 is 7.01. The van der Waals surface area contributed by atoms with Crippen molar-refractivity contribution in [1.82, 2.24) is 9.78 Å². The van der Waals surface area contributed by atoms with Gasteiger partial charge in [-0.2, -0.15) is 5.10 Å². The van der Waals surface area contributed by atoms with E-state index in [1.54, 1.807) is 4.68 Å². The van der Waals surface area contributed by atoms with Crippen molar-refractivity contribution >= 4 is 11.7 Å². The molecule has 0 aliphatic carbocycles. The lowest BCUT2D eigenvalue weighted by Crippen LogP contribution is -2.22. The first-order chi connectivity index (χ1) is 9.99. The second-order valence-corrected chi connectivity index (χ2v) is 5.21. The summed E-state index contributed by atoms with van der Waals surface area (Å²) in [6, 6.07) is 9.91. The van der Waals surface area contributed by atoms with Crippen LogP contribution in [0.15, 0.2) is 30.3 Å². The SMILES string of the molecule is Cc1nn(C)c(NC(=O)COC(C)C)c1-c1ccccc1. The summed E-state index contributed by atoms with van der Waals surface area (Å²) in [4.78, 5) is 12.0. The van der Waals surface area contributed by atoms with Crippen LogP contribution in [0.5, 0.6) is 0 Å². The van der Waals surface area contributed by atoms with E-state index in [9.17, 15) is 4.79 Å². The standard InChI is InChI=1S/C16H21N3O2/c1-11(2)21-10-14(20)17-16-15(12(3)18-19(16)4)13-8-6-5-7-9-13/h5-9,11H,10H2,1-4H3,(H,17,20). The van der Waals surface area contributed by atoms with Gasteiger partial charge in [0.05, 0.1) is 11.8 Å². The highest BCUT2D eigenvalue weighted by molar-refractivity contribution is 5.95. The fourth-order valence-corrected chi connectivity index (χ4v) is 2.16. The molecule has 0 saturated carbocycles. The zero-order valence-corrected chi connectivity index (χ0v) is 12.9. The number of amides is 1. The van der Waals surface area contributed by atoms with E-state index in [1.165, 1.54) is 0 Å². The van der Waals surface area contributed by atoms with Crippen LogP contribution < -0.4 is 5.32 Å². The number of aryl methyl sites for hydroxylation is 2. The molecule has 0 spiro atoms. The molecule has 0 bridgehead atoms. The molecule has 2 rings (SSSR count). The molecule has 21 heavy (non-hydrogen) atoms. The number of ether oxygens (including phenoxy) is 1. The van der Waals surface area contributed by atoms with Crippen LogP contribution in [0.4, 0.5) is 5.82 Å². The summed E-state index contributed by atoms with van der Waals surface area (Å²) in [5.41, 5.74) is 2.85. The van der Waals surface area contributed by atoms with Crippen LogP contribution in [0.1, 0.15) is 19.5 Å². The zero-order chi connectivity index (χ0) is 15.4. The van der Waals surface area contributed by atoms with Gasteiger partial charge in [-0.25, -0.2) is 0 Å². The number of aromatic nitrogens is 2. The molecule has 112 valence electrons. The minimum absolute atomic E-state index is 0.0256. The first kappa shape index (κ1) is 15.3. The average Bonchev–Trinajstić information content (AvgIpc) is 2.72. The largest absolute Gasteiger partial charge is 0.369 e. The predicted molar refractivity (Wildman–Crippen MR) is 83.1 cm³/mol. The molecule has 1 aromatic heterocycles. The van der Waals surface area contributed by atoms with Crippen LogP contribution in [0.2, 0.25) is 0 Å². The third-order valence-electron chi connectivity index (χ3n) is 3.09.